The predicted octanol–water partition coefficient (Wildman–Crippen LogP) is 4.26. The molecular weight excluding hydrogens is 184 g/mol. The van der Waals surface area contributed by atoms with E-state index in [0.29, 0.717) is 16.9 Å². The highest BCUT2D eigenvalue weighted by Crippen LogP contribution is 2.44. The van der Waals surface area contributed by atoms with Crippen LogP contribution in [0.25, 0.3) is 0 Å². The summed E-state index contributed by atoms with van der Waals surface area (Å²) in [7, 11) is 0. The molecule has 1 atom stereocenters. The molecule has 15 heavy (non-hydrogen) atoms. The van der Waals surface area contributed by atoms with Gasteiger partial charge in [-0.2, -0.15) is 0 Å². The zero-order valence-corrected chi connectivity index (χ0v) is 11.4. The lowest BCUT2D eigenvalue weighted by Crippen LogP contribution is -2.28. The van der Waals surface area contributed by atoms with Crippen LogP contribution in [0, 0.1) is 16.7 Å². The number of epoxide rings is 1. The number of ether oxygens (including phenoxy) is 1. The van der Waals surface area contributed by atoms with Crippen LogP contribution in [0.5, 0.6) is 0 Å². The Morgan fingerprint density at radius 2 is 1.73 bits per heavy atom. The normalized spacial score (nSPS) is 22.2. The first-order valence-corrected chi connectivity index (χ1v) is 6.34. The maximum atomic E-state index is 5.44. The summed E-state index contributed by atoms with van der Waals surface area (Å²) >= 11 is 0. The Hall–Kier alpha value is -0.0400. The first-order chi connectivity index (χ1) is 6.73. The summed E-state index contributed by atoms with van der Waals surface area (Å²) in [6.45, 7) is 15.1. The molecule has 90 valence electrons. The Bertz CT molecular complexity index is 199. The van der Waals surface area contributed by atoms with Crippen LogP contribution in [-0.2, 0) is 4.74 Å². The third-order valence-electron chi connectivity index (χ3n) is 3.54. The van der Waals surface area contributed by atoms with Crippen LogP contribution in [0.1, 0.15) is 60.8 Å². The lowest BCUT2D eigenvalue weighted by Gasteiger charge is -2.34. The molecule has 0 aromatic rings. The highest BCUT2D eigenvalue weighted by atomic mass is 16.6. The smallest absolute Gasteiger partial charge is 0.0860 e. The maximum absolute atomic E-state index is 5.44. The predicted molar refractivity (Wildman–Crippen MR) is 66.0 cm³/mol. The summed E-state index contributed by atoms with van der Waals surface area (Å²) in [5, 5.41) is 0. The van der Waals surface area contributed by atoms with E-state index in [1.807, 2.05) is 0 Å². The topological polar surface area (TPSA) is 12.5 Å². The Kier molecular flexibility index (Phi) is 3.86. The van der Waals surface area contributed by atoms with Crippen LogP contribution >= 0.6 is 0 Å². The van der Waals surface area contributed by atoms with E-state index in [2.05, 4.69) is 41.5 Å². The van der Waals surface area contributed by atoms with Gasteiger partial charge in [-0.25, -0.2) is 0 Å². The number of hydrogen-bond acceptors (Lipinski definition) is 1. The lowest BCUT2D eigenvalue weighted by atomic mass is 9.71. The van der Waals surface area contributed by atoms with E-state index in [4.69, 9.17) is 4.74 Å². The SMILES string of the molecule is CC(C)CCC(C)(C)CC(C)(C)C1CO1. The molecule has 0 N–H and O–H groups in total. The van der Waals surface area contributed by atoms with Gasteiger partial charge in [-0.15, -0.1) is 0 Å². The minimum absolute atomic E-state index is 0.362. The summed E-state index contributed by atoms with van der Waals surface area (Å²) < 4.78 is 5.44. The van der Waals surface area contributed by atoms with Crippen LogP contribution in [0.2, 0.25) is 0 Å². The molecule has 0 aromatic carbocycles. The van der Waals surface area contributed by atoms with Gasteiger partial charge in [0.05, 0.1) is 12.7 Å². The van der Waals surface area contributed by atoms with E-state index in [0.717, 1.165) is 12.5 Å². The zero-order valence-electron chi connectivity index (χ0n) is 11.4. The van der Waals surface area contributed by atoms with Crippen LogP contribution in [-0.4, -0.2) is 12.7 Å². The molecule has 0 spiro atoms. The molecule has 0 aromatic heterocycles. The summed E-state index contributed by atoms with van der Waals surface area (Å²) in [6, 6.07) is 0. The Morgan fingerprint density at radius 1 is 1.20 bits per heavy atom. The standard InChI is InChI=1S/C14H28O/c1-11(2)7-8-13(3,4)10-14(5,6)12-9-15-12/h11-12H,7-10H2,1-6H3. The molecule has 0 radical (unpaired) electrons. The fraction of sp³-hybridized carbons (Fsp3) is 1.00. The fourth-order valence-electron chi connectivity index (χ4n) is 2.61. The Morgan fingerprint density at radius 3 is 2.13 bits per heavy atom. The molecule has 0 aliphatic carbocycles. The van der Waals surface area contributed by atoms with E-state index in [-0.39, 0.29) is 0 Å². The second-order valence-electron chi connectivity index (χ2n) is 7.08. The van der Waals surface area contributed by atoms with Crippen LogP contribution in [0.4, 0.5) is 0 Å². The second-order valence-corrected chi connectivity index (χ2v) is 7.08. The summed E-state index contributed by atoms with van der Waals surface area (Å²) in [4.78, 5) is 0. The molecule has 1 fully saturated rings. The average molecular weight is 212 g/mol. The largest absolute Gasteiger partial charge is 0.373 e. The highest BCUT2D eigenvalue weighted by Gasteiger charge is 2.42. The van der Waals surface area contributed by atoms with Gasteiger partial charge in [-0.3, -0.25) is 0 Å². The van der Waals surface area contributed by atoms with Crippen LogP contribution < -0.4 is 0 Å². The molecule has 0 bridgehead atoms. The summed E-state index contributed by atoms with van der Waals surface area (Å²) in [6.07, 6.45) is 4.48. The van der Waals surface area contributed by atoms with Crippen molar-refractivity contribution in [2.24, 2.45) is 16.7 Å². The first-order valence-electron chi connectivity index (χ1n) is 6.34. The summed E-state index contributed by atoms with van der Waals surface area (Å²) in [5.74, 6) is 0.824. The molecule has 1 nitrogen and oxygen atoms in total. The molecule has 1 heteroatoms. The molecule has 1 rings (SSSR count). The van der Waals surface area contributed by atoms with Crippen molar-refractivity contribution >= 4 is 0 Å². The highest BCUT2D eigenvalue weighted by molar-refractivity contribution is 4.90. The number of hydrogen-bond donors (Lipinski definition) is 0. The van der Waals surface area contributed by atoms with Crippen molar-refractivity contribution in [1.82, 2.24) is 0 Å². The third-order valence-corrected chi connectivity index (χ3v) is 3.54. The molecular formula is C14H28O. The van der Waals surface area contributed by atoms with E-state index in [1.54, 1.807) is 0 Å². The van der Waals surface area contributed by atoms with Gasteiger partial charge in [-0.1, -0.05) is 48.0 Å². The van der Waals surface area contributed by atoms with E-state index in [9.17, 15) is 0 Å². The number of rotatable bonds is 6. The van der Waals surface area contributed by atoms with Crippen molar-refractivity contribution in [2.75, 3.05) is 6.61 Å². The Labute approximate surface area is 95.6 Å². The van der Waals surface area contributed by atoms with Gasteiger partial charge in [-0.05, 0) is 29.6 Å². The van der Waals surface area contributed by atoms with Crippen molar-refractivity contribution in [2.45, 2.75) is 66.9 Å². The van der Waals surface area contributed by atoms with E-state index < -0.39 is 0 Å². The molecule has 0 amide bonds. The maximum Gasteiger partial charge on any atom is 0.0860 e. The molecule has 1 aliphatic heterocycles. The van der Waals surface area contributed by atoms with Crippen LogP contribution in [0.3, 0.4) is 0 Å². The van der Waals surface area contributed by atoms with Crippen LogP contribution in [0.15, 0.2) is 0 Å². The van der Waals surface area contributed by atoms with Gasteiger partial charge in [0.2, 0.25) is 0 Å². The minimum Gasteiger partial charge on any atom is -0.373 e. The van der Waals surface area contributed by atoms with Gasteiger partial charge < -0.3 is 4.74 Å². The zero-order chi connectivity index (χ0) is 11.7. The van der Waals surface area contributed by atoms with Crippen molar-refractivity contribution in [3.63, 3.8) is 0 Å². The fourth-order valence-corrected chi connectivity index (χ4v) is 2.61. The van der Waals surface area contributed by atoms with Gasteiger partial charge in [0.1, 0.15) is 0 Å². The van der Waals surface area contributed by atoms with E-state index >= 15 is 0 Å². The monoisotopic (exact) mass is 212 g/mol. The molecule has 1 aliphatic rings. The molecule has 1 heterocycles. The quantitative estimate of drug-likeness (QED) is 0.599. The van der Waals surface area contributed by atoms with Crippen molar-refractivity contribution in [3.8, 4) is 0 Å². The summed E-state index contributed by atoms with van der Waals surface area (Å²) in [5.41, 5.74) is 0.820. The van der Waals surface area contributed by atoms with Crippen molar-refractivity contribution in [1.29, 1.82) is 0 Å². The van der Waals surface area contributed by atoms with E-state index in [1.165, 1.54) is 19.3 Å². The minimum atomic E-state index is 0.362. The molecule has 1 saturated heterocycles. The first kappa shape index (κ1) is 13.0. The second kappa shape index (κ2) is 4.45. The molecule has 1 unspecified atom stereocenters. The molecule has 0 saturated carbocycles. The van der Waals surface area contributed by atoms with Crippen molar-refractivity contribution < 1.29 is 4.74 Å². The van der Waals surface area contributed by atoms with Gasteiger partial charge in [0, 0.05) is 0 Å². The third kappa shape index (κ3) is 4.55. The van der Waals surface area contributed by atoms with Gasteiger partial charge in [0.25, 0.3) is 0 Å². The van der Waals surface area contributed by atoms with Gasteiger partial charge >= 0.3 is 0 Å². The average Bonchev–Trinajstić information content (AvgIpc) is 2.80. The van der Waals surface area contributed by atoms with Gasteiger partial charge in [0.15, 0.2) is 0 Å². The van der Waals surface area contributed by atoms with Crippen molar-refractivity contribution in [3.05, 3.63) is 0 Å². The Balaban J connectivity index is 2.40. The lowest BCUT2D eigenvalue weighted by molar-refractivity contribution is 0.136.